The van der Waals surface area contributed by atoms with E-state index in [9.17, 15) is 13.2 Å². The lowest BCUT2D eigenvalue weighted by Crippen LogP contribution is -2.00. The van der Waals surface area contributed by atoms with Crippen LogP contribution >= 0.6 is 0 Å². The smallest absolute Gasteiger partial charge is 0.335 e. The fourth-order valence-corrected chi connectivity index (χ4v) is 0.983. The van der Waals surface area contributed by atoms with Gasteiger partial charge in [0.1, 0.15) is 0 Å². The molecule has 0 aromatic heterocycles. The van der Waals surface area contributed by atoms with Crippen molar-refractivity contribution in [1.29, 1.82) is 0 Å². The fraction of sp³-hybridized carbons (Fsp3) is 0.300. The maximum atomic E-state index is 10.6. The van der Waals surface area contributed by atoms with E-state index in [0.29, 0.717) is 11.8 Å². The summed E-state index contributed by atoms with van der Waals surface area (Å²) < 4.78 is 25.9. The molecular formula is C10H14O5S. The van der Waals surface area contributed by atoms with Gasteiger partial charge in [0.25, 0.3) is 10.1 Å². The molecule has 0 spiro atoms. The summed E-state index contributed by atoms with van der Waals surface area (Å²) in [6.07, 6.45) is 0.715. The molecule has 90 valence electrons. The third kappa shape index (κ3) is 6.15. The number of carboxylic acid groups (broad SMARTS) is 1. The Kier molecular flexibility index (Phi) is 5.13. The Balaban J connectivity index is 0.000000385. The molecule has 6 heteroatoms. The molecule has 0 fully saturated rings. The highest BCUT2D eigenvalue weighted by Crippen LogP contribution is 2.11. The Morgan fingerprint density at radius 3 is 2.00 bits per heavy atom. The van der Waals surface area contributed by atoms with Gasteiger partial charge in [-0.2, -0.15) is 8.42 Å². The Hall–Kier alpha value is -1.40. The van der Waals surface area contributed by atoms with Crippen molar-refractivity contribution in [1.82, 2.24) is 0 Å². The summed E-state index contributed by atoms with van der Waals surface area (Å²) in [7, 11) is -3.67. The van der Waals surface area contributed by atoms with E-state index in [1.165, 1.54) is 0 Å². The van der Waals surface area contributed by atoms with E-state index in [0.717, 1.165) is 11.1 Å². The molecule has 0 radical (unpaired) electrons. The van der Waals surface area contributed by atoms with E-state index in [1.807, 2.05) is 19.9 Å². The molecule has 0 heterocycles. The lowest BCUT2D eigenvalue weighted by atomic mass is 10.0. The van der Waals surface area contributed by atoms with Crippen molar-refractivity contribution in [3.63, 3.8) is 0 Å². The van der Waals surface area contributed by atoms with Gasteiger partial charge in [0.2, 0.25) is 0 Å². The normalized spacial score (nSPS) is 10.2. The van der Waals surface area contributed by atoms with E-state index in [4.69, 9.17) is 9.66 Å². The Morgan fingerprint density at radius 1 is 1.25 bits per heavy atom. The summed E-state index contributed by atoms with van der Waals surface area (Å²) in [5.41, 5.74) is 2.26. The van der Waals surface area contributed by atoms with Crippen molar-refractivity contribution in [2.75, 3.05) is 6.26 Å². The Bertz CT molecular complexity index is 468. The minimum absolute atomic E-state index is 0.394. The van der Waals surface area contributed by atoms with E-state index >= 15 is 0 Å². The van der Waals surface area contributed by atoms with Crippen LogP contribution in [0.1, 0.15) is 21.5 Å². The average molecular weight is 246 g/mol. The third-order valence-corrected chi connectivity index (χ3v) is 1.84. The van der Waals surface area contributed by atoms with Gasteiger partial charge >= 0.3 is 5.97 Å². The van der Waals surface area contributed by atoms with Gasteiger partial charge in [-0.05, 0) is 31.0 Å². The zero-order valence-electron chi connectivity index (χ0n) is 9.26. The molecule has 16 heavy (non-hydrogen) atoms. The van der Waals surface area contributed by atoms with Crippen LogP contribution in [0.2, 0.25) is 0 Å². The molecule has 2 N–H and O–H groups in total. The summed E-state index contributed by atoms with van der Waals surface area (Å²) in [6, 6.07) is 5.28. The lowest BCUT2D eigenvalue weighted by Gasteiger charge is -2.02. The van der Waals surface area contributed by atoms with Crippen LogP contribution in [-0.2, 0) is 10.1 Å². The molecule has 0 saturated heterocycles. The molecule has 0 aliphatic heterocycles. The summed E-state index contributed by atoms with van der Waals surface area (Å²) in [4.78, 5) is 10.6. The largest absolute Gasteiger partial charge is 0.478 e. The highest BCUT2D eigenvalue weighted by atomic mass is 32.2. The number of hydrogen-bond acceptors (Lipinski definition) is 3. The topological polar surface area (TPSA) is 91.7 Å². The van der Waals surface area contributed by atoms with Crippen LogP contribution in [0.15, 0.2) is 18.2 Å². The van der Waals surface area contributed by atoms with E-state index in [2.05, 4.69) is 0 Å². The fourth-order valence-electron chi connectivity index (χ4n) is 0.983. The number of aryl methyl sites for hydroxylation is 1. The molecule has 0 amide bonds. The Labute approximate surface area is 94.5 Å². The number of hydrogen-bond donors (Lipinski definition) is 2. The maximum Gasteiger partial charge on any atom is 0.335 e. The van der Waals surface area contributed by atoms with Gasteiger partial charge in [-0.3, -0.25) is 4.55 Å². The van der Waals surface area contributed by atoms with Crippen molar-refractivity contribution in [3.05, 3.63) is 34.9 Å². The SMILES string of the molecule is CS(=O)(=O)O.Cc1cccc(C(=O)O)c1C. The standard InChI is InChI=1S/C9H10O2.CH4O3S/c1-6-4-3-5-8(7(6)2)9(10)11;1-5(2,3)4/h3-5H,1-2H3,(H,10,11);1H3,(H,2,3,4). The van der Waals surface area contributed by atoms with Gasteiger partial charge < -0.3 is 5.11 Å². The van der Waals surface area contributed by atoms with E-state index < -0.39 is 16.1 Å². The number of aromatic carboxylic acids is 1. The van der Waals surface area contributed by atoms with Gasteiger partial charge in [-0.25, -0.2) is 4.79 Å². The van der Waals surface area contributed by atoms with Gasteiger partial charge in [-0.15, -0.1) is 0 Å². The zero-order chi connectivity index (χ0) is 12.9. The number of carboxylic acids is 1. The first-order valence-electron chi connectivity index (χ1n) is 4.35. The molecule has 5 nitrogen and oxygen atoms in total. The van der Waals surface area contributed by atoms with Gasteiger partial charge in [-0.1, -0.05) is 12.1 Å². The monoisotopic (exact) mass is 246 g/mol. The molecule has 0 unspecified atom stereocenters. The first kappa shape index (κ1) is 14.6. The zero-order valence-corrected chi connectivity index (χ0v) is 10.1. The van der Waals surface area contributed by atoms with Crippen molar-refractivity contribution in [2.24, 2.45) is 0 Å². The van der Waals surface area contributed by atoms with Gasteiger partial charge in [0.15, 0.2) is 0 Å². The first-order valence-corrected chi connectivity index (χ1v) is 6.19. The quantitative estimate of drug-likeness (QED) is 0.733. The second-order valence-corrected chi connectivity index (χ2v) is 4.75. The predicted octanol–water partition coefficient (Wildman–Crippen LogP) is 1.51. The minimum atomic E-state index is -3.67. The molecule has 0 aliphatic carbocycles. The van der Waals surface area contributed by atoms with Crippen LogP contribution in [0, 0.1) is 13.8 Å². The highest BCUT2D eigenvalue weighted by molar-refractivity contribution is 7.85. The van der Waals surface area contributed by atoms with Crippen LogP contribution in [0.5, 0.6) is 0 Å². The van der Waals surface area contributed by atoms with Gasteiger partial charge in [0.05, 0.1) is 11.8 Å². The molecule has 0 bridgehead atoms. The van der Waals surface area contributed by atoms with Crippen molar-refractivity contribution < 1.29 is 22.9 Å². The highest BCUT2D eigenvalue weighted by Gasteiger charge is 2.06. The van der Waals surface area contributed by atoms with Crippen LogP contribution in [0.25, 0.3) is 0 Å². The van der Waals surface area contributed by atoms with E-state index in [1.54, 1.807) is 12.1 Å². The average Bonchev–Trinajstić information content (AvgIpc) is 2.06. The lowest BCUT2D eigenvalue weighted by molar-refractivity contribution is 0.0696. The summed E-state index contributed by atoms with van der Waals surface area (Å²) in [5, 5.41) is 8.69. The second kappa shape index (κ2) is 5.62. The first-order chi connectivity index (χ1) is 7.13. The Morgan fingerprint density at radius 2 is 1.69 bits per heavy atom. The molecule has 1 aromatic carbocycles. The van der Waals surface area contributed by atoms with Crippen molar-refractivity contribution >= 4 is 16.1 Å². The maximum absolute atomic E-state index is 10.6. The summed E-state index contributed by atoms with van der Waals surface area (Å²) >= 11 is 0. The molecule has 1 aromatic rings. The van der Waals surface area contributed by atoms with Crippen LogP contribution in [-0.4, -0.2) is 30.3 Å². The minimum Gasteiger partial charge on any atom is -0.478 e. The molecule has 0 saturated carbocycles. The molecule has 1 rings (SSSR count). The van der Waals surface area contributed by atoms with Gasteiger partial charge in [0, 0.05) is 0 Å². The number of rotatable bonds is 1. The summed E-state index contributed by atoms with van der Waals surface area (Å²) in [5.74, 6) is -0.855. The van der Waals surface area contributed by atoms with Crippen molar-refractivity contribution in [3.8, 4) is 0 Å². The van der Waals surface area contributed by atoms with Crippen LogP contribution in [0.3, 0.4) is 0 Å². The summed E-state index contributed by atoms with van der Waals surface area (Å²) in [6.45, 7) is 3.72. The third-order valence-electron chi connectivity index (χ3n) is 1.84. The number of benzene rings is 1. The van der Waals surface area contributed by atoms with E-state index in [-0.39, 0.29) is 0 Å². The molecule has 0 aliphatic rings. The van der Waals surface area contributed by atoms with Crippen molar-refractivity contribution in [2.45, 2.75) is 13.8 Å². The molecular weight excluding hydrogens is 232 g/mol. The van der Waals surface area contributed by atoms with Crippen LogP contribution in [0.4, 0.5) is 0 Å². The van der Waals surface area contributed by atoms with Crippen LogP contribution < -0.4 is 0 Å². The number of carbonyl (C=O) groups is 1. The predicted molar refractivity (Wildman–Crippen MR) is 60.3 cm³/mol. The second-order valence-electron chi connectivity index (χ2n) is 3.29. The molecule has 0 atom stereocenters.